The number of aliphatic imine (C=N–C) groups is 1. The lowest BCUT2D eigenvalue weighted by atomic mass is 9.84. The maximum atomic E-state index is 6.39. The number of anilines is 1. The fraction of sp³-hybridized carbons (Fsp3) is 0.143. The van der Waals surface area contributed by atoms with E-state index < -0.39 is 0 Å². The van der Waals surface area contributed by atoms with Crippen LogP contribution in [0.25, 0.3) is 0 Å². The van der Waals surface area contributed by atoms with Crippen molar-refractivity contribution in [2.24, 2.45) is 4.99 Å². The zero-order valence-electron chi connectivity index (χ0n) is 10.9. The number of rotatable bonds is 0. The highest BCUT2D eigenvalue weighted by Crippen LogP contribution is 2.50. The maximum Gasteiger partial charge on any atom is 0.242 e. The zero-order chi connectivity index (χ0) is 14.7. The first-order valence-electron chi connectivity index (χ1n) is 6.33. The lowest BCUT2D eigenvalue weighted by molar-refractivity contribution is 0.388. The molecule has 7 heteroatoms. The SMILES string of the molecule is CC1=C2C(Cl)=Nc3cccc(Cl)c3C2c2[nH]c(N)nc2O1. The second-order valence-electron chi connectivity index (χ2n) is 4.92. The molecule has 1 aromatic carbocycles. The van der Waals surface area contributed by atoms with E-state index >= 15 is 0 Å². The van der Waals surface area contributed by atoms with Crippen LogP contribution in [0.1, 0.15) is 24.1 Å². The van der Waals surface area contributed by atoms with Gasteiger partial charge in [0.05, 0.1) is 17.3 Å². The van der Waals surface area contributed by atoms with Gasteiger partial charge in [-0.15, -0.1) is 0 Å². The van der Waals surface area contributed by atoms with E-state index in [2.05, 4.69) is 15.0 Å². The summed E-state index contributed by atoms with van der Waals surface area (Å²) in [5.74, 6) is 1.20. The molecular formula is C14H10Cl2N4O. The second kappa shape index (κ2) is 4.26. The number of hydrogen-bond acceptors (Lipinski definition) is 4. The van der Waals surface area contributed by atoms with Crippen LogP contribution >= 0.6 is 23.2 Å². The summed E-state index contributed by atoms with van der Waals surface area (Å²) in [6.07, 6.45) is 0. The molecule has 2 aliphatic rings. The van der Waals surface area contributed by atoms with E-state index in [1.165, 1.54) is 0 Å². The topological polar surface area (TPSA) is 76.3 Å². The molecule has 3 heterocycles. The predicted octanol–water partition coefficient (Wildman–Crippen LogP) is 3.73. The van der Waals surface area contributed by atoms with Crippen molar-refractivity contribution in [3.63, 3.8) is 0 Å². The highest BCUT2D eigenvalue weighted by molar-refractivity contribution is 6.70. The summed E-state index contributed by atoms with van der Waals surface area (Å²) in [5.41, 5.74) is 8.91. The molecule has 1 aromatic heterocycles. The van der Waals surface area contributed by atoms with Crippen LogP contribution in [0.4, 0.5) is 11.6 Å². The summed E-state index contributed by atoms with van der Waals surface area (Å²) in [5, 5.41) is 1.02. The lowest BCUT2D eigenvalue weighted by Gasteiger charge is -2.30. The normalized spacial score (nSPS) is 19.4. The van der Waals surface area contributed by atoms with Gasteiger partial charge in [-0.05, 0) is 19.1 Å². The Balaban J connectivity index is 2.08. The van der Waals surface area contributed by atoms with Crippen molar-refractivity contribution in [2.45, 2.75) is 12.8 Å². The molecule has 0 fully saturated rings. The Labute approximate surface area is 130 Å². The van der Waals surface area contributed by atoms with E-state index in [0.717, 1.165) is 22.5 Å². The van der Waals surface area contributed by atoms with Crippen LogP contribution in [0.2, 0.25) is 5.02 Å². The Morgan fingerprint density at radius 1 is 1.33 bits per heavy atom. The molecule has 0 saturated heterocycles. The van der Waals surface area contributed by atoms with Gasteiger partial charge in [0.2, 0.25) is 11.8 Å². The molecule has 2 aromatic rings. The quantitative estimate of drug-likeness (QED) is 0.776. The molecular weight excluding hydrogens is 311 g/mol. The minimum absolute atomic E-state index is 0.202. The van der Waals surface area contributed by atoms with E-state index in [1.54, 1.807) is 0 Å². The number of aromatic nitrogens is 2. The number of halogens is 2. The Morgan fingerprint density at radius 2 is 2.14 bits per heavy atom. The van der Waals surface area contributed by atoms with E-state index in [9.17, 15) is 0 Å². The number of nitrogens with one attached hydrogen (secondary N) is 1. The van der Waals surface area contributed by atoms with Crippen LogP contribution in [0.3, 0.4) is 0 Å². The van der Waals surface area contributed by atoms with Gasteiger partial charge in [-0.3, -0.25) is 0 Å². The standard InChI is InChI=1S/C14H10Cl2N4O/c1-5-8-10(11-13(21-5)20-14(17)19-11)9-6(15)3-2-4-7(9)18-12(8)16/h2-4,10H,1H3,(H3,17,19,20). The van der Waals surface area contributed by atoms with Crippen molar-refractivity contribution in [1.29, 1.82) is 0 Å². The summed E-state index contributed by atoms with van der Waals surface area (Å²) in [6.45, 7) is 1.83. The number of imidazole rings is 1. The number of nitrogens with two attached hydrogens (primary N) is 1. The Bertz CT molecular complexity index is 837. The van der Waals surface area contributed by atoms with E-state index in [0.29, 0.717) is 27.8 Å². The Morgan fingerprint density at radius 3 is 2.95 bits per heavy atom. The molecule has 0 aliphatic carbocycles. The third-order valence-corrected chi connectivity index (χ3v) is 4.30. The van der Waals surface area contributed by atoms with Crippen LogP contribution in [-0.4, -0.2) is 15.1 Å². The van der Waals surface area contributed by atoms with Gasteiger partial charge in [0.15, 0.2) is 0 Å². The smallest absolute Gasteiger partial charge is 0.242 e. The molecule has 3 N–H and O–H groups in total. The molecule has 21 heavy (non-hydrogen) atoms. The number of ether oxygens (including phenoxy) is 1. The largest absolute Gasteiger partial charge is 0.442 e. The van der Waals surface area contributed by atoms with E-state index in [4.69, 9.17) is 33.7 Å². The zero-order valence-corrected chi connectivity index (χ0v) is 12.5. The average molecular weight is 321 g/mol. The van der Waals surface area contributed by atoms with Crippen molar-refractivity contribution in [3.05, 3.63) is 45.8 Å². The van der Waals surface area contributed by atoms with Crippen LogP contribution in [0.5, 0.6) is 5.88 Å². The molecule has 5 nitrogen and oxygen atoms in total. The first-order valence-corrected chi connectivity index (χ1v) is 7.09. The van der Waals surface area contributed by atoms with Gasteiger partial charge in [0.1, 0.15) is 10.9 Å². The van der Waals surface area contributed by atoms with Crippen molar-refractivity contribution in [2.75, 3.05) is 5.73 Å². The average Bonchev–Trinajstić information content (AvgIpc) is 2.78. The Hall–Kier alpha value is -1.98. The first kappa shape index (κ1) is 12.7. The second-order valence-corrected chi connectivity index (χ2v) is 5.69. The molecule has 1 atom stereocenters. The molecule has 0 bridgehead atoms. The number of nitrogen functional groups attached to an aromatic ring is 1. The Kier molecular flexibility index (Phi) is 2.58. The molecule has 1 unspecified atom stereocenters. The number of aromatic amines is 1. The summed E-state index contributed by atoms with van der Waals surface area (Å²) in [4.78, 5) is 11.6. The number of H-pyrrole nitrogens is 1. The van der Waals surface area contributed by atoms with Gasteiger partial charge >= 0.3 is 0 Å². The molecule has 0 radical (unpaired) electrons. The van der Waals surface area contributed by atoms with Gasteiger partial charge < -0.3 is 15.5 Å². The number of hydrogen-bond donors (Lipinski definition) is 2. The van der Waals surface area contributed by atoms with Gasteiger partial charge in [-0.2, -0.15) is 4.98 Å². The van der Waals surface area contributed by atoms with Crippen molar-refractivity contribution in [1.82, 2.24) is 9.97 Å². The summed E-state index contributed by atoms with van der Waals surface area (Å²) in [7, 11) is 0. The molecule has 106 valence electrons. The molecule has 4 rings (SSSR count). The van der Waals surface area contributed by atoms with Gasteiger partial charge in [-0.1, -0.05) is 29.3 Å². The predicted molar refractivity (Wildman–Crippen MR) is 82.6 cm³/mol. The fourth-order valence-electron chi connectivity index (χ4n) is 2.84. The maximum absolute atomic E-state index is 6.39. The van der Waals surface area contributed by atoms with Gasteiger partial charge in [-0.25, -0.2) is 4.99 Å². The summed E-state index contributed by atoms with van der Waals surface area (Å²) < 4.78 is 5.70. The minimum Gasteiger partial charge on any atom is -0.442 e. The van der Waals surface area contributed by atoms with E-state index in [1.807, 2.05) is 25.1 Å². The molecule has 0 amide bonds. The van der Waals surface area contributed by atoms with Crippen LogP contribution in [0, 0.1) is 0 Å². The summed E-state index contributed by atoms with van der Waals surface area (Å²) >= 11 is 12.7. The highest BCUT2D eigenvalue weighted by Gasteiger charge is 2.39. The number of benzene rings is 1. The van der Waals surface area contributed by atoms with Crippen LogP contribution in [0.15, 0.2) is 34.5 Å². The highest BCUT2D eigenvalue weighted by atomic mass is 35.5. The van der Waals surface area contributed by atoms with Crippen molar-refractivity contribution < 1.29 is 4.74 Å². The first-order chi connectivity index (χ1) is 10.1. The van der Waals surface area contributed by atoms with Crippen molar-refractivity contribution >= 4 is 40.0 Å². The fourth-order valence-corrected chi connectivity index (χ4v) is 3.45. The third-order valence-electron chi connectivity index (χ3n) is 3.68. The van der Waals surface area contributed by atoms with E-state index in [-0.39, 0.29) is 5.92 Å². The number of nitrogens with zero attached hydrogens (tertiary/aromatic N) is 2. The van der Waals surface area contributed by atoms with Gasteiger partial charge in [0, 0.05) is 16.2 Å². The summed E-state index contributed by atoms with van der Waals surface area (Å²) in [6, 6.07) is 5.56. The van der Waals surface area contributed by atoms with Crippen LogP contribution in [-0.2, 0) is 0 Å². The van der Waals surface area contributed by atoms with Gasteiger partial charge in [0.25, 0.3) is 0 Å². The molecule has 2 aliphatic heterocycles. The van der Waals surface area contributed by atoms with Crippen LogP contribution < -0.4 is 10.5 Å². The lowest BCUT2D eigenvalue weighted by Crippen LogP contribution is -2.22. The number of allylic oxidation sites excluding steroid dienone is 2. The third kappa shape index (κ3) is 1.71. The molecule has 0 spiro atoms. The monoisotopic (exact) mass is 320 g/mol. The number of fused-ring (bicyclic) bond motifs is 5. The molecule has 0 saturated carbocycles. The van der Waals surface area contributed by atoms with Crippen molar-refractivity contribution in [3.8, 4) is 5.88 Å². The minimum atomic E-state index is -0.202.